The summed E-state index contributed by atoms with van der Waals surface area (Å²) in [5.74, 6) is -0.157. The van der Waals surface area contributed by atoms with Crippen LogP contribution in [0.15, 0.2) is 12.2 Å². The van der Waals surface area contributed by atoms with E-state index in [1.165, 1.54) is 6.08 Å². The van der Waals surface area contributed by atoms with Crippen LogP contribution >= 0.6 is 0 Å². The number of hydrogen-bond donors (Lipinski definition) is 1. The van der Waals surface area contributed by atoms with Gasteiger partial charge in [-0.3, -0.25) is 9.59 Å². The predicted molar refractivity (Wildman–Crippen MR) is 59.8 cm³/mol. The maximum absolute atomic E-state index is 11.3. The monoisotopic (exact) mass is 226 g/mol. The van der Waals surface area contributed by atoms with Crippen LogP contribution in [-0.2, 0) is 14.3 Å². The molecule has 1 heterocycles. The molecule has 16 heavy (non-hydrogen) atoms. The SMILES string of the molecule is CC(C)NC(=O)/C=C/CN1CCOCC1=O. The molecule has 1 rings (SSSR count). The Bertz CT molecular complexity index is 287. The van der Waals surface area contributed by atoms with Crippen molar-refractivity contribution in [2.45, 2.75) is 19.9 Å². The number of carbonyl (C=O) groups is 2. The van der Waals surface area contributed by atoms with Crippen LogP contribution in [0.3, 0.4) is 0 Å². The lowest BCUT2D eigenvalue weighted by molar-refractivity contribution is -0.141. The minimum atomic E-state index is -0.129. The topological polar surface area (TPSA) is 58.6 Å². The average Bonchev–Trinajstić information content (AvgIpc) is 2.19. The van der Waals surface area contributed by atoms with Crippen molar-refractivity contribution in [3.8, 4) is 0 Å². The fourth-order valence-corrected chi connectivity index (χ4v) is 1.36. The second-order valence-corrected chi connectivity index (χ2v) is 3.96. The largest absolute Gasteiger partial charge is 0.370 e. The standard InChI is InChI=1S/C11H18N2O3/c1-9(2)12-10(14)4-3-5-13-6-7-16-8-11(13)15/h3-4,9H,5-8H2,1-2H3,(H,12,14)/b4-3+. The van der Waals surface area contributed by atoms with Crippen LogP contribution in [-0.4, -0.2) is 49.1 Å². The third-order valence-electron chi connectivity index (χ3n) is 2.11. The number of nitrogens with one attached hydrogen (secondary N) is 1. The van der Waals surface area contributed by atoms with Gasteiger partial charge in [0.25, 0.3) is 0 Å². The molecule has 1 fully saturated rings. The van der Waals surface area contributed by atoms with Gasteiger partial charge < -0.3 is 15.0 Å². The second kappa shape index (κ2) is 6.27. The molecule has 0 radical (unpaired) electrons. The van der Waals surface area contributed by atoms with E-state index in [0.717, 1.165) is 0 Å². The Morgan fingerprint density at radius 1 is 1.62 bits per heavy atom. The molecule has 1 N–H and O–H groups in total. The Hall–Kier alpha value is -1.36. The van der Waals surface area contributed by atoms with E-state index in [0.29, 0.717) is 19.7 Å². The van der Waals surface area contributed by atoms with Gasteiger partial charge in [0.05, 0.1) is 6.61 Å². The van der Waals surface area contributed by atoms with Crippen molar-refractivity contribution < 1.29 is 14.3 Å². The first-order valence-corrected chi connectivity index (χ1v) is 5.42. The summed E-state index contributed by atoms with van der Waals surface area (Å²) < 4.78 is 5.00. The van der Waals surface area contributed by atoms with E-state index in [9.17, 15) is 9.59 Å². The molecule has 5 heteroatoms. The highest BCUT2D eigenvalue weighted by atomic mass is 16.5. The van der Waals surface area contributed by atoms with Crippen molar-refractivity contribution >= 4 is 11.8 Å². The lowest BCUT2D eigenvalue weighted by Gasteiger charge is -2.25. The van der Waals surface area contributed by atoms with Crippen molar-refractivity contribution in [2.24, 2.45) is 0 Å². The molecular formula is C11H18N2O3. The van der Waals surface area contributed by atoms with Crippen molar-refractivity contribution in [3.05, 3.63) is 12.2 Å². The Labute approximate surface area is 95.4 Å². The van der Waals surface area contributed by atoms with Gasteiger partial charge in [-0.05, 0) is 13.8 Å². The smallest absolute Gasteiger partial charge is 0.248 e. The van der Waals surface area contributed by atoms with Gasteiger partial charge in [0, 0.05) is 25.2 Å². The number of nitrogens with zero attached hydrogens (tertiary/aromatic N) is 1. The average molecular weight is 226 g/mol. The highest BCUT2D eigenvalue weighted by Gasteiger charge is 2.16. The normalized spacial score (nSPS) is 17.2. The van der Waals surface area contributed by atoms with E-state index in [1.54, 1.807) is 11.0 Å². The quantitative estimate of drug-likeness (QED) is 0.682. The molecular weight excluding hydrogens is 208 g/mol. The molecule has 0 aromatic heterocycles. The van der Waals surface area contributed by atoms with Crippen molar-refractivity contribution in [1.29, 1.82) is 0 Å². The Kier molecular flexibility index (Phi) is 4.98. The molecule has 0 aliphatic carbocycles. The number of amides is 2. The van der Waals surface area contributed by atoms with E-state index in [2.05, 4.69) is 5.32 Å². The molecule has 0 unspecified atom stereocenters. The number of hydrogen-bond acceptors (Lipinski definition) is 3. The van der Waals surface area contributed by atoms with Crippen LogP contribution in [0.1, 0.15) is 13.8 Å². The molecule has 0 aromatic rings. The van der Waals surface area contributed by atoms with Gasteiger partial charge in [-0.25, -0.2) is 0 Å². The van der Waals surface area contributed by atoms with Gasteiger partial charge in [0.15, 0.2) is 0 Å². The third kappa shape index (κ3) is 4.44. The van der Waals surface area contributed by atoms with Crippen molar-refractivity contribution in [1.82, 2.24) is 10.2 Å². The van der Waals surface area contributed by atoms with Crippen LogP contribution in [0.25, 0.3) is 0 Å². The minimum absolute atomic E-state index is 0.0276. The van der Waals surface area contributed by atoms with Crippen LogP contribution < -0.4 is 5.32 Å². The van der Waals surface area contributed by atoms with E-state index in [-0.39, 0.29) is 24.5 Å². The van der Waals surface area contributed by atoms with Crippen molar-refractivity contribution in [2.75, 3.05) is 26.3 Å². The van der Waals surface area contributed by atoms with Crippen LogP contribution in [0.4, 0.5) is 0 Å². The number of rotatable bonds is 4. The molecule has 0 spiro atoms. The van der Waals surface area contributed by atoms with Gasteiger partial charge in [0.1, 0.15) is 6.61 Å². The first kappa shape index (κ1) is 12.7. The van der Waals surface area contributed by atoms with Crippen molar-refractivity contribution in [3.63, 3.8) is 0 Å². The van der Waals surface area contributed by atoms with E-state index in [1.807, 2.05) is 13.8 Å². The maximum Gasteiger partial charge on any atom is 0.248 e. The number of ether oxygens (including phenoxy) is 1. The summed E-state index contributed by atoms with van der Waals surface area (Å²) in [7, 11) is 0. The minimum Gasteiger partial charge on any atom is -0.370 e. The number of morpholine rings is 1. The molecule has 0 atom stereocenters. The Morgan fingerprint density at radius 3 is 3.00 bits per heavy atom. The zero-order valence-electron chi connectivity index (χ0n) is 9.73. The lowest BCUT2D eigenvalue weighted by atomic mass is 10.3. The summed E-state index contributed by atoms with van der Waals surface area (Å²) in [6.07, 6.45) is 3.16. The molecule has 5 nitrogen and oxygen atoms in total. The van der Waals surface area contributed by atoms with E-state index < -0.39 is 0 Å². The van der Waals surface area contributed by atoms with Gasteiger partial charge in [-0.1, -0.05) is 6.08 Å². The molecule has 0 bridgehead atoms. The Balaban J connectivity index is 2.30. The highest BCUT2D eigenvalue weighted by Crippen LogP contribution is 1.98. The van der Waals surface area contributed by atoms with Gasteiger partial charge in [0.2, 0.25) is 11.8 Å². The molecule has 90 valence electrons. The first-order chi connectivity index (χ1) is 7.59. The lowest BCUT2D eigenvalue weighted by Crippen LogP contribution is -2.41. The molecule has 1 aliphatic rings. The third-order valence-corrected chi connectivity index (χ3v) is 2.11. The van der Waals surface area contributed by atoms with Crippen LogP contribution in [0.2, 0.25) is 0 Å². The molecule has 1 saturated heterocycles. The van der Waals surface area contributed by atoms with E-state index in [4.69, 9.17) is 4.74 Å². The zero-order chi connectivity index (χ0) is 12.0. The fraction of sp³-hybridized carbons (Fsp3) is 0.636. The summed E-state index contributed by atoms with van der Waals surface area (Å²) in [4.78, 5) is 24.2. The zero-order valence-corrected chi connectivity index (χ0v) is 9.73. The molecule has 1 aliphatic heterocycles. The summed E-state index contributed by atoms with van der Waals surface area (Å²) in [5.41, 5.74) is 0. The van der Waals surface area contributed by atoms with Gasteiger partial charge >= 0.3 is 0 Å². The number of carbonyl (C=O) groups excluding carboxylic acids is 2. The summed E-state index contributed by atoms with van der Waals surface area (Å²) >= 11 is 0. The second-order valence-electron chi connectivity index (χ2n) is 3.96. The van der Waals surface area contributed by atoms with Gasteiger partial charge in [-0.15, -0.1) is 0 Å². The van der Waals surface area contributed by atoms with Gasteiger partial charge in [-0.2, -0.15) is 0 Å². The molecule has 0 aromatic carbocycles. The maximum atomic E-state index is 11.3. The summed E-state index contributed by atoms with van der Waals surface area (Å²) in [6, 6.07) is 0.127. The van der Waals surface area contributed by atoms with Crippen LogP contribution in [0, 0.1) is 0 Å². The van der Waals surface area contributed by atoms with Crippen LogP contribution in [0.5, 0.6) is 0 Å². The highest BCUT2D eigenvalue weighted by molar-refractivity contribution is 5.87. The summed E-state index contributed by atoms with van der Waals surface area (Å²) in [6.45, 7) is 5.57. The Morgan fingerprint density at radius 2 is 2.38 bits per heavy atom. The fourth-order valence-electron chi connectivity index (χ4n) is 1.36. The first-order valence-electron chi connectivity index (χ1n) is 5.42. The molecule has 0 saturated carbocycles. The van der Waals surface area contributed by atoms with E-state index >= 15 is 0 Å². The molecule has 2 amide bonds. The summed E-state index contributed by atoms with van der Waals surface area (Å²) in [5, 5.41) is 2.74. The predicted octanol–water partition coefficient (Wildman–Crippen LogP) is -0.0740.